The molecule has 3 heteroatoms. The van der Waals surface area contributed by atoms with Crippen molar-refractivity contribution >= 4 is 12.1 Å². The van der Waals surface area contributed by atoms with Gasteiger partial charge in [-0.15, -0.1) is 0 Å². The second-order valence-corrected chi connectivity index (χ2v) is 4.12. The van der Waals surface area contributed by atoms with E-state index in [0.717, 1.165) is 12.0 Å². The summed E-state index contributed by atoms with van der Waals surface area (Å²) in [6.07, 6.45) is 10.3. The quantitative estimate of drug-likeness (QED) is 0.340. The second kappa shape index (κ2) is 7.31. The lowest BCUT2D eigenvalue weighted by atomic mass is 10.1. The zero-order valence-electron chi connectivity index (χ0n) is 11.6. The minimum absolute atomic E-state index is 0.0455. The largest absolute Gasteiger partial charge is 0.345 e. The highest BCUT2D eigenvalue weighted by Gasteiger charge is 2.14. The SMILES string of the molecule is CC=CC=C(C=CC)C(=O)c1ccc(CC=O)n1C. The molecule has 0 unspecified atom stereocenters. The summed E-state index contributed by atoms with van der Waals surface area (Å²) in [7, 11) is 1.80. The Kier molecular flexibility index (Phi) is 5.73. The molecule has 1 rings (SSSR count). The van der Waals surface area contributed by atoms with E-state index in [-0.39, 0.29) is 5.78 Å². The molecule has 1 heterocycles. The van der Waals surface area contributed by atoms with Gasteiger partial charge in [0.25, 0.3) is 0 Å². The topological polar surface area (TPSA) is 39.1 Å². The van der Waals surface area contributed by atoms with Crippen molar-refractivity contribution in [1.82, 2.24) is 4.57 Å². The van der Waals surface area contributed by atoms with E-state index in [1.165, 1.54) is 0 Å². The molecule has 0 saturated carbocycles. The molecule has 0 atom stereocenters. The van der Waals surface area contributed by atoms with Crippen LogP contribution in [0.25, 0.3) is 0 Å². The molecule has 0 spiro atoms. The van der Waals surface area contributed by atoms with Crippen LogP contribution in [-0.4, -0.2) is 16.6 Å². The number of nitrogens with zero attached hydrogens (tertiary/aromatic N) is 1. The molecule has 0 bridgehead atoms. The Labute approximate surface area is 113 Å². The van der Waals surface area contributed by atoms with Gasteiger partial charge in [0.2, 0.25) is 5.78 Å². The van der Waals surface area contributed by atoms with E-state index in [0.29, 0.717) is 17.7 Å². The van der Waals surface area contributed by atoms with Crippen LogP contribution in [0, 0.1) is 0 Å². The summed E-state index contributed by atoms with van der Waals surface area (Å²) in [4.78, 5) is 23.0. The summed E-state index contributed by atoms with van der Waals surface area (Å²) in [6.45, 7) is 3.78. The molecule has 0 aromatic carbocycles. The molecule has 0 aliphatic rings. The van der Waals surface area contributed by atoms with Gasteiger partial charge in [-0.1, -0.05) is 30.4 Å². The van der Waals surface area contributed by atoms with Gasteiger partial charge < -0.3 is 9.36 Å². The summed E-state index contributed by atoms with van der Waals surface area (Å²) >= 11 is 0. The van der Waals surface area contributed by atoms with Crippen molar-refractivity contribution in [2.75, 3.05) is 0 Å². The highest BCUT2D eigenvalue weighted by molar-refractivity contribution is 6.09. The summed E-state index contributed by atoms with van der Waals surface area (Å²) in [5, 5.41) is 0. The molecule has 100 valence electrons. The molecule has 3 nitrogen and oxygen atoms in total. The first kappa shape index (κ1) is 14.9. The average Bonchev–Trinajstić information content (AvgIpc) is 2.76. The third kappa shape index (κ3) is 3.65. The predicted octanol–water partition coefficient (Wildman–Crippen LogP) is 3.03. The van der Waals surface area contributed by atoms with Crippen LogP contribution >= 0.6 is 0 Å². The minimum atomic E-state index is -0.0455. The van der Waals surface area contributed by atoms with Crippen molar-refractivity contribution in [3.05, 3.63) is 59.5 Å². The predicted molar refractivity (Wildman–Crippen MR) is 77.2 cm³/mol. The molecular weight excluding hydrogens is 238 g/mol. The van der Waals surface area contributed by atoms with Gasteiger partial charge in [0, 0.05) is 24.7 Å². The number of hydrogen-bond donors (Lipinski definition) is 0. The van der Waals surface area contributed by atoms with Gasteiger partial charge in [-0.3, -0.25) is 4.79 Å². The monoisotopic (exact) mass is 257 g/mol. The van der Waals surface area contributed by atoms with Crippen LogP contribution in [0.2, 0.25) is 0 Å². The van der Waals surface area contributed by atoms with E-state index >= 15 is 0 Å². The highest BCUT2D eigenvalue weighted by Crippen LogP contribution is 2.14. The van der Waals surface area contributed by atoms with Crippen LogP contribution in [-0.2, 0) is 18.3 Å². The molecule has 0 saturated heterocycles. The number of hydrogen-bond acceptors (Lipinski definition) is 2. The van der Waals surface area contributed by atoms with E-state index < -0.39 is 0 Å². The normalized spacial score (nSPS) is 12.5. The lowest BCUT2D eigenvalue weighted by molar-refractivity contribution is -0.107. The van der Waals surface area contributed by atoms with Crippen molar-refractivity contribution < 1.29 is 9.59 Å². The first-order valence-electron chi connectivity index (χ1n) is 6.24. The first-order chi connectivity index (χ1) is 9.15. The summed E-state index contributed by atoms with van der Waals surface area (Å²) in [6, 6.07) is 3.57. The number of rotatable bonds is 6. The van der Waals surface area contributed by atoms with Crippen LogP contribution in [0.15, 0.2) is 48.1 Å². The number of allylic oxidation sites excluding steroid dienone is 6. The zero-order valence-corrected chi connectivity index (χ0v) is 11.6. The fourth-order valence-electron chi connectivity index (χ4n) is 1.81. The van der Waals surface area contributed by atoms with Gasteiger partial charge in [-0.05, 0) is 26.0 Å². The van der Waals surface area contributed by atoms with Crippen LogP contribution in [0.1, 0.15) is 30.0 Å². The molecule has 0 N–H and O–H groups in total. The lowest BCUT2D eigenvalue weighted by Crippen LogP contribution is -2.09. The fourth-order valence-corrected chi connectivity index (χ4v) is 1.81. The van der Waals surface area contributed by atoms with Gasteiger partial charge in [0.1, 0.15) is 6.29 Å². The Balaban J connectivity index is 3.13. The number of Topliss-reactive ketones (excluding diaryl/α,β-unsaturated/α-hetero) is 1. The number of aromatic nitrogens is 1. The summed E-state index contributed by atoms with van der Waals surface area (Å²) in [5.41, 5.74) is 2.05. The van der Waals surface area contributed by atoms with Crippen molar-refractivity contribution in [2.45, 2.75) is 20.3 Å². The number of ketones is 1. The van der Waals surface area contributed by atoms with Crippen molar-refractivity contribution in [3.63, 3.8) is 0 Å². The number of aldehydes is 1. The van der Waals surface area contributed by atoms with Crippen LogP contribution < -0.4 is 0 Å². The van der Waals surface area contributed by atoms with E-state index in [1.54, 1.807) is 29.8 Å². The molecular formula is C16H19NO2. The molecule has 1 aromatic rings. The van der Waals surface area contributed by atoms with Crippen LogP contribution in [0.5, 0.6) is 0 Å². The van der Waals surface area contributed by atoms with Crippen molar-refractivity contribution in [1.29, 1.82) is 0 Å². The van der Waals surface area contributed by atoms with Crippen LogP contribution in [0.4, 0.5) is 0 Å². The average molecular weight is 257 g/mol. The molecule has 1 aromatic heterocycles. The standard InChI is InChI=1S/C16H19NO2/c1-4-6-8-13(7-5-2)16(19)15-10-9-14(11-12-18)17(15)3/h4-10,12H,11H2,1-3H3. The smallest absolute Gasteiger partial charge is 0.209 e. The van der Waals surface area contributed by atoms with Gasteiger partial charge in [-0.25, -0.2) is 0 Å². The molecule has 19 heavy (non-hydrogen) atoms. The van der Waals surface area contributed by atoms with E-state index in [2.05, 4.69) is 0 Å². The minimum Gasteiger partial charge on any atom is -0.345 e. The number of carbonyl (C=O) groups is 2. The van der Waals surface area contributed by atoms with E-state index in [4.69, 9.17) is 0 Å². The molecule has 0 aliphatic carbocycles. The zero-order chi connectivity index (χ0) is 14.3. The van der Waals surface area contributed by atoms with Gasteiger partial charge in [-0.2, -0.15) is 0 Å². The maximum absolute atomic E-state index is 12.4. The summed E-state index contributed by atoms with van der Waals surface area (Å²) in [5.74, 6) is -0.0455. The molecule has 0 amide bonds. The Bertz CT molecular complexity index is 545. The van der Waals surface area contributed by atoms with Crippen molar-refractivity contribution in [2.24, 2.45) is 7.05 Å². The summed E-state index contributed by atoms with van der Waals surface area (Å²) < 4.78 is 1.77. The van der Waals surface area contributed by atoms with Gasteiger partial charge >= 0.3 is 0 Å². The van der Waals surface area contributed by atoms with E-state index in [1.807, 2.05) is 38.1 Å². The lowest BCUT2D eigenvalue weighted by Gasteiger charge is -2.05. The third-order valence-electron chi connectivity index (χ3n) is 2.83. The maximum atomic E-state index is 12.4. The third-order valence-corrected chi connectivity index (χ3v) is 2.83. The van der Waals surface area contributed by atoms with E-state index in [9.17, 15) is 9.59 Å². The Morgan fingerprint density at radius 2 is 2.00 bits per heavy atom. The first-order valence-corrected chi connectivity index (χ1v) is 6.24. The maximum Gasteiger partial charge on any atom is 0.209 e. The van der Waals surface area contributed by atoms with Crippen molar-refractivity contribution in [3.8, 4) is 0 Å². The van der Waals surface area contributed by atoms with Crippen LogP contribution in [0.3, 0.4) is 0 Å². The highest BCUT2D eigenvalue weighted by atomic mass is 16.1. The Morgan fingerprint density at radius 3 is 2.58 bits per heavy atom. The molecule has 0 aliphatic heterocycles. The second-order valence-electron chi connectivity index (χ2n) is 4.12. The molecule has 0 radical (unpaired) electrons. The number of carbonyl (C=O) groups excluding carboxylic acids is 2. The molecule has 0 fully saturated rings. The van der Waals surface area contributed by atoms with Gasteiger partial charge in [0.05, 0.1) is 5.69 Å². The fraction of sp³-hybridized carbons (Fsp3) is 0.250. The Hall–Kier alpha value is -2.16. The van der Waals surface area contributed by atoms with Gasteiger partial charge in [0.15, 0.2) is 0 Å². The Morgan fingerprint density at radius 1 is 1.26 bits per heavy atom.